The van der Waals surface area contributed by atoms with Crippen LogP contribution in [0.25, 0.3) is 0 Å². The Bertz CT molecular complexity index is 716. The molecule has 0 spiro atoms. The molecular formula is C18H19FN2O3. The standard InChI is InChI=1S/C18H19FN2O3/c1-2-12-4-3-5-15(10-12)21-18(24)17(23)20-11-16(22)13-6-8-14(19)9-7-13/h3-10,16,22H,2,11H2,1H3,(H,20,23)(H,21,24). The lowest BCUT2D eigenvalue weighted by Crippen LogP contribution is -2.37. The normalized spacial score (nSPS) is 11.6. The molecule has 0 aliphatic heterocycles. The van der Waals surface area contributed by atoms with E-state index in [9.17, 15) is 19.1 Å². The van der Waals surface area contributed by atoms with E-state index in [1.165, 1.54) is 24.3 Å². The third-order valence-corrected chi connectivity index (χ3v) is 3.51. The van der Waals surface area contributed by atoms with Crippen LogP contribution in [0.2, 0.25) is 0 Å². The van der Waals surface area contributed by atoms with Crippen molar-refractivity contribution in [3.8, 4) is 0 Å². The Kier molecular flexibility index (Phi) is 6.03. The van der Waals surface area contributed by atoms with E-state index >= 15 is 0 Å². The van der Waals surface area contributed by atoms with Gasteiger partial charge in [0.25, 0.3) is 0 Å². The van der Waals surface area contributed by atoms with Crippen LogP contribution in [0.5, 0.6) is 0 Å². The average molecular weight is 330 g/mol. The summed E-state index contributed by atoms with van der Waals surface area (Å²) in [6.07, 6.45) is -0.203. The van der Waals surface area contributed by atoms with Crippen LogP contribution in [0, 0.1) is 5.82 Å². The van der Waals surface area contributed by atoms with Crippen LogP contribution in [0.1, 0.15) is 24.2 Å². The Hall–Kier alpha value is -2.73. The molecule has 2 amide bonds. The molecule has 0 bridgehead atoms. The molecule has 126 valence electrons. The number of carbonyl (C=O) groups excluding carboxylic acids is 2. The number of amides is 2. The molecule has 1 unspecified atom stereocenters. The third-order valence-electron chi connectivity index (χ3n) is 3.51. The summed E-state index contributed by atoms with van der Waals surface area (Å²) in [5.41, 5.74) is 2.03. The Morgan fingerprint density at radius 1 is 1.12 bits per heavy atom. The van der Waals surface area contributed by atoms with Gasteiger partial charge in [0.2, 0.25) is 0 Å². The van der Waals surface area contributed by atoms with Gasteiger partial charge >= 0.3 is 11.8 Å². The van der Waals surface area contributed by atoms with Gasteiger partial charge in [-0.3, -0.25) is 9.59 Å². The molecule has 0 saturated carbocycles. The number of aliphatic hydroxyl groups is 1. The fourth-order valence-corrected chi connectivity index (χ4v) is 2.13. The molecule has 2 rings (SSSR count). The number of rotatable bonds is 5. The summed E-state index contributed by atoms with van der Waals surface area (Å²) in [6, 6.07) is 12.5. The highest BCUT2D eigenvalue weighted by molar-refractivity contribution is 6.39. The zero-order valence-corrected chi connectivity index (χ0v) is 13.3. The predicted molar refractivity (Wildman–Crippen MR) is 88.8 cm³/mol. The molecule has 3 N–H and O–H groups in total. The minimum atomic E-state index is -1.02. The molecule has 0 saturated heterocycles. The fourth-order valence-electron chi connectivity index (χ4n) is 2.13. The van der Waals surface area contributed by atoms with Crippen molar-refractivity contribution in [1.82, 2.24) is 5.32 Å². The molecule has 1 atom stereocenters. The Balaban J connectivity index is 1.87. The van der Waals surface area contributed by atoms with Gasteiger partial charge in [0.1, 0.15) is 5.82 Å². The van der Waals surface area contributed by atoms with Gasteiger partial charge in [-0.1, -0.05) is 31.2 Å². The smallest absolute Gasteiger partial charge is 0.313 e. The van der Waals surface area contributed by atoms with Gasteiger partial charge in [-0.05, 0) is 41.8 Å². The first-order chi connectivity index (χ1) is 11.5. The van der Waals surface area contributed by atoms with Crippen molar-refractivity contribution in [3.63, 3.8) is 0 Å². The first-order valence-corrected chi connectivity index (χ1v) is 7.61. The van der Waals surface area contributed by atoms with E-state index in [2.05, 4.69) is 10.6 Å². The molecule has 2 aromatic carbocycles. The molecule has 0 radical (unpaired) electrons. The van der Waals surface area contributed by atoms with Crippen molar-refractivity contribution in [2.45, 2.75) is 19.4 Å². The van der Waals surface area contributed by atoms with Gasteiger partial charge in [-0.15, -0.1) is 0 Å². The second-order valence-electron chi connectivity index (χ2n) is 5.29. The number of aliphatic hydroxyl groups excluding tert-OH is 1. The van der Waals surface area contributed by atoms with Crippen LogP contribution in [0.3, 0.4) is 0 Å². The number of aryl methyl sites for hydroxylation is 1. The predicted octanol–water partition coefficient (Wildman–Crippen LogP) is 2.18. The number of hydrogen-bond acceptors (Lipinski definition) is 3. The Labute approximate surface area is 139 Å². The zero-order chi connectivity index (χ0) is 17.5. The number of halogens is 1. The first kappa shape index (κ1) is 17.6. The summed E-state index contributed by atoms with van der Waals surface area (Å²) < 4.78 is 12.8. The van der Waals surface area contributed by atoms with Gasteiger partial charge in [-0.2, -0.15) is 0 Å². The SMILES string of the molecule is CCc1cccc(NC(=O)C(=O)NCC(O)c2ccc(F)cc2)c1. The van der Waals surface area contributed by atoms with Crippen LogP contribution in [-0.4, -0.2) is 23.5 Å². The third kappa shape index (κ3) is 4.89. The van der Waals surface area contributed by atoms with Crippen molar-refractivity contribution in [2.75, 3.05) is 11.9 Å². The van der Waals surface area contributed by atoms with Crippen molar-refractivity contribution in [3.05, 3.63) is 65.5 Å². The fraction of sp³-hybridized carbons (Fsp3) is 0.222. The highest BCUT2D eigenvalue weighted by atomic mass is 19.1. The number of hydrogen-bond donors (Lipinski definition) is 3. The van der Waals surface area contributed by atoms with Gasteiger partial charge in [0.05, 0.1) is 6.10 Å². The molecule has 24 heavy (non-hydrogen) atoms. The Morgan fingerprint density at radius 2 is 1.83 bits per heavy atom. The van der Waals surface area contributed by atoms with E-state index in [-0.39, 0.29) is 6.54 Å². The Morgan fingerprint density at radius 3 is 2.50 bits per heavy atom. The van der Waals surface area contributed by atoms with E-state index in [1.54, 1.807) is 18.2 Å². The van der Waals surface area contributed by atoms with E-state index < -0.39 is 23.7 Å². The molecule has 0 aliphatic rings. The second kappa shape index (κ2) is 8.21. The highest BCUT2D eigenvalue weighted by Gasteiger charge is 2.16. The number of carbonyl (C=O) groups is 2. The first-order valence-electron chi connectivity index (χ1n) is 7.61. The lowest BCUT2D eigenvalue weighted by molar-refractivity contribution is -0.136. The van der Waals surface area contributed by atoms with Crippen molar-refractivity contribution < 1.29 is 19.1 Å². The molecule has 0 aromatic heterocycles. The maximum Gasteiger partial charge on any atom is 0.313 e. The minimum Gasteiger partial charge on any atom is -0.387 e. The van der Waals surface area contributed by atoms with Gasteiger partial charge < -0.3 is 15.7 Å². The number of benzene rings is 2. The number of anilines is 1. The monoisotopic (exact) mass is 330 g/mol. The van der Waals surface area contributed by atoms with Crippen molar-refractivity contribution in [1.29, 1.82) is 0 Å². The van der Waals surface area contributed by atoms with Gasteiger partial charge in [-0.25, -0.2) is 4.39 Å². The topological polar surface area (TPSA) is 78.4 Å². The van der Waals surface area contributed by atoms with E-state index in [0.29, 0.717) is 11.3 Å². The van der Waals surface area contributed by atoms with Crippen LogP contribution in [-0.2, 0) is 16.0 Å². The van der Waals surface area contributed by atoms with Gasteiger partial charge in [0, 0.05) is 12.2 Å². The average Bonchev–Trinajstić information content (AvgIpc) is 2.60. The molecule has 2 aromatic rings. The maximum absolute atomic E-state index is 12.8. The molecule has 0 aliphatic carbocycles. The maximum atomic E-state index is 12.8. The largest absolute Gasteiger partial charge is 0.387 e. The van der Waals surface area contributed by atoms with Crippen LogP contribution in [0.15, 0.2) is 48.5 Å². The molecular weight excluding hydrogens is 311 g/mol. The summed E-state index contributed by atoms with van der Waals surface area (Å²) in [6.45, 7) is 1.84. The van der Waals surface area contributed by atoms with Crippen molar-refractivity contribution >= 4 is 17.5 Å². The van der Waals surface area contributed by atoms with E-state index in [1.807, 2.05) is 13.0 Å². The highest BCUT2D eigenvalue weighted by Crippen LogP contribution is 2.13. The lowest BCUT2D eigenvalue weighted by atomic mass is 10.1. The van der Waals surface area contributed by atoms with Crippen LogP contribution >= 0.6 is 0 Å². The van der Waals surface area contributed by atoms with Crippen LogP contribution < -0.4 is 10.6 Å². The lowest BCUT2D eigenvalue weighted by Gasteiger charge is -2.12. The molecule has 5 nitrogen and oxygen atoms in total. The van der Waals surface area contributed by atoms with Crippen molar-refractivity contribution in [2.24, 2.45) is 0 Å². The van der Waals surface area contributed by atoms with E-state index in [4.69, 9.17) is 0 Å². The quantitative estimate of drug-likeness (QED) is 0.735. The molecule has 6 heteroatoms. The van der Waals surface area contributed by atoms with E-state index in [0.717, 1.165) is 12.0 Å². The summed E-state index contributed by atoms with van der Waals surface area (Å²) in [4.78, 5) is 23.6. The number of nitrogens with one attached hydrogen (secondary N) is 2. The minimum absolute atomic E-state index is 0.146. The molecule has 0 fully saturated rings. The summed E-state index contributed by atoms with van der Waals surface area (Å²) >= 11 is 0. The summed E-state index contributed by atoms with van der Waals surface area (Å²) in [7, 11) is 0. The summed E-state index contributed by atoms with van der Waals surface area (Å²) in [5.74, 6) is -2.07. The zero-order valence-electron chi connectivity index (χ0n) is 13.3. The summed E-state index contributed by atoms with van der Waals surface area (Å²) in [5, 5.41) is 14.8. The van der Waals surface area contributed by atoms with Gasteiger partial charge in [0.15, 0.2) is 0 Å². The second-order valence-corrected chi connectivity index (χ2v) is 5.29. The van der Waals surface area contributed by atoms with Crippen LogP contribution in [0.4, 0.5) is 10.1 Å². The molecule has 0 heterocycles.